The van der Waals surface area contributed by atoms with Crippen molar-refractivity contribution in [1.82, 2.24) is 20.2 Å². The minimum absolute atomic E-state index is 0.0556. The standard InChI is InChI=1S/C24H33N5O2S2/c1-24(2,3)19-14-26-21(31-19)16-32-22-15-27-23(33-22)28-20(30)12-17-7-6-8-18(11-17)13-25-9-10-29(4)5/h6-8,11,14-15,25H,9-10,12-13,16H2,1-5H3,(H,27,28,30). The average Bonchev–Trinajstić information content (AvgIpc) is 3.39. The monoisotopic (exact) mass is 487 g/mol. The van der Waals surface area contributed by atoms with E-state index in [1.165, 1.54) is 16.9 Å². The number of nitrogens with zero attached hydrogens (tertiary/aromatic N) is 3. The number of hydrogen-bond donors (Lipinski definition) is 2. The molecule has 0 radical (unpaired) electrons. The Morgan fingerprint density at radius 3 is 2.70 bits per heavy atom. The second-order valence-electron chi connectivity index (χ2n) is 9.17. The molecule has 2 heterocycles. The molecule has 0 aliphatic rings. The average molecular weight is 488 g/mol. The van der Waals surface area contributed by atoms with Crippen LogP contribution in [0.3, 0.4) is 0 Å². The van der Waals surface area contributed by atoms with Gasteiger partial charge in [-0.1, -0.05) is 56.4 Å². The summed E-state index contributed by atoms with van der Waals surface area (Å²) in [4.78, 5) is 23.4. The number of amides is 1. The molecule has 0 aliphatic carbocycles. The lowest BCUT2D eigenvalue weighted by atomic mass is 9.94. The number of nitrogens with one attached hydrogen (secondary N) is 2. The van der Waals surface area contributed by atoms with Crippen LogP contribution in [0.5, 0.6) is 0 Å². The van der Waals surface area contributed by atoms with Crippen molar-refractivity contribution in [2.45, 2.75) is 49.1 Å². The molecule has 9 heteroatoms. The molecule has 0 aliphatic heterocycles. The van der Waals surface area contributed by atoms with Crippen LogP contribution in [0.25, 0.3) is 0 Å². The largest absolute Gasteiger partial charge is 0.444 e. The number of carbonyl (C=O) groups excluding carboxylic acids is 1. The molecule has 0 spiro atoms. The number of hydrogen-bond acceptors (Lipinski definition) is 8. The van der Waals surface area contributed by atoms with E-state index in [4.69, 9.17) is 4.42 Å². The predicted octanol–water partition coefficient (Wildman–Crippen LogP) is 4.55. The maximum atomic E-state index is 12.5. The van der Waals surface area contributed by atoms with Gasteiger partial charge in [-0.2, -0.15) is 0 Å². The number of thiazole rings is 1. The van der Waals surface area contributed by atoms with Crippen LogP contribution in [-0.4, -0.2) is 48.0 Å². The minimum atomic E-state index is -0.0684. The van der Waals surface area contributed by atoms with E-state index in [2.05, 4.69) is 72.5 Å². The third kappa shape index (κ3) is 8.58. The lowest BCUT2D eigenvalue weighted by Crippen LogP contribution is -2.26. The summed E-state index contributed by atoms with van der Waals surface area (Å²) in [5.74, 6) is 2.13. The van der Waals surface area contributed by atoms with Gasteiger partial charge in [-0.05, 0) is 25.2 Å². The number of benzene rings is 1. The van der Waals surface area contributed by atoms with Crippen molar-refractivity contribution in [2.24, 2.45) is 0 Å². The first-order chi connectivity index (χ1) is 15.7. The van der Waals surface area contributed by atoms with E-state index in [1.54, 1.807) is 24.2 Å². The van der Waals surface area contributed by atoms with E-state index in [1.807, 2.05) is 12.1 Å². The van der Waals surface area contributed by atoms with Gasteiger partial charge in [0.05, 0.1) is 28.8 Å². The highest BCUT2D eigenvalue weighted by Crippen LogP contribution is 2.31. The molecule has 0 unspecified atom stereocenters. The van der Waals surface area contributed by atoms with Gasteiger partial charge in [0.2, 0.25) is 11.8 Å². The van der Waals surface area contributed by atoms with E-state index in [-0.39, 0.29) is 11.3 Å². The maximum Gasteiger partial charge on any atom is 0.230 e. The van der Waals surface area contributed by atoms with Crippen LogP contribution in [-0.2, 0) is 28.9 Å². The number of aromatic nitrogens is 2. The molecule has 2 aromatic heterocycles. The summed E-state index contributed by atoms with van der Waals surface area (Å²) in [7, 11) is 4.12. The topological polar surface area (TPSA) is 83.3 Å². The van der Waals surface area contributed by atoms with Crippen molar-refractivity contribution in [3.63, 3.8) is 0 Å². The Balaban J connectivity index is 1.46. The molecule has 2 N–H and O–H groups in total. The lowest BCUT2D eigenvalue weighted by molar-refractivity contribution is -0.115. The molecular weight excluding hydrogens is 454 g/mol. The van der Waals surface area contributed by atoms with E-state index in [0.717, 1.165) is 35.2 Å². The summed E-state index contributed by atoms with van der Waals surface area (Å²) in [6.07, 6.45) is 3.89. The first-order valence-corrected chi connectivity index (χ1v) is 12.8. The Morgan fingerprint density at radius 2 is 1.97 bits per heavy atom. The number of thioether (sulfide) groups is 1. The van der Waals surface area contributed by atoms with Gasteiger partial charge < -0.3 is 20.0 Å². The van der Waals surface area contributed by atoms with E-state index in [9.17, 15) is 4.79 Å². The van der Waals surface area contributed by atoms with Gasteiger partial charge in [-0.3, -0.25) is 4.79 Å². The highest BCUT2D eigenvalue weighted by atomic mass is 32.2. The number of anilines is 1. The van der Waals surface area contributed by atoms with Gasteiger partial charge in [0.25, 0.3) is 0 Å². The predicted molar refractivity (Wildman–Crippen MR) is 136 cm³/mol. The Labute approximate surface area is 204 Å². The molecule has 7 nitrogen and oxygen atoms in total. The third-order valence-electron chi connectivity index (χ3n) is 4.78. The Morgan fingerprint density at radius 1 is 1.18 bits per heavy atom. The van der Waals surface area contributed by atoms with E-state index in [0.29, 0.717) is 23.2 Å². The third-order valence-corrected chi connectivity index (χ3v) is 6.87. The molecule has 1 aromatic carbocycles. The normalized spacial score (nSPS) is 11.8. The van der Waals surface area contributed by atoms with Crippen molar-refractivity contribution in [3.05, 3.63) is 59.4 Å². The van der Waals surface area contributed by atoms with Crippen LogP contribution < -0.4 is 10.6 Å². The van der Waals surface area contributed by atoms with Crippen molar-refractivity contribution in [3.8, 4) is 0 Å². The highest BCUT2D eigenvalue weighted by molar-refractivity contribution is 8.00. The fraction of sp³-hybridized carbons (Fsp3) is 0.458. The quantitative estimate of drug-likeness (QED) is 0.303. The molecule has 0 bridgehead atoms. The Hall–Kier alpha value is -2.20. The summed E-state index contributed by atoms with van der Waals surface area (Å²) in [5, 5.41) is 6.94. The van der Waals surface area contributed by atoms with Gasteiger partial charge in [0.15, 0.2) is 5.13 Å². The van der Waals surface area contributed by atoms with Crippen LogP contribution in [0.4, 0.5) is 5.13 Å². The zero-order chi connectivity index (χ0) is 23.8. The minimum Gasteiger partial charge on any atom is -0.444 e. The molecular formula is C24H33N5O2S2. The van der Waals surface area contributed by atoms with Gasteiger partial charge in [0, 0.05) is 25.0 Å². The van der Waals surface area contributed by atoms with Gasteiger partial charge in [0.1, 0.15) is 5.76 Å². The Bertz CT molecular complexity index is 1040. The van der Waals surface area contributed by atoms with Crippen LogP contribution in [0.15, 0.2) is 45.3 Å². The molecule has 0 fully saturated rings. The van der Waals surface area contributed by atoms with Crippen LogP contribution >= 0.6 is 23.1 Å². The van der Waals surface area contributed by atoms with Crippen LogP contribution in [0, 0.1) is 0 Å². The van der Waals surface area contributed by atoms with Crippen molar-refractivity contribution >= 4 is 34.1 Å². The van der Waals surface area contributed by atoms with Crippen LogP contribution in [0.1, 0.15) is 43.5 Å². The fourth-order valence-corrected chi connectivity index (χ4v) is 4.72. The molecule has 0 saturated heterocycles. The van der Waals surface area contributed by atoms with Crippen molar-refractivity contribution < 1.29 is 9.21 Å². The Kier molecular flexibility index (Phi) is 9.08. The molecule has 0 saturated carbocycles. The van der Waals surface area contributed by atoms with Crippen molar-refractivity contribution in [1.29, 1.82) is 0 Å². The van der Waals surface area contributed by atoms with Crippen molar-refractivity contribution in [2.75, 3.05) is 32.5 Å². The number of rotatable bonds is 11. The first-order valence-electron chi connectivity index (χ1n) is 11.0. The van der Waals surface area contributed by atoms with Gasteiger partial charge in [-0.15, -0.1) is 11.8 Å². The highest BCUT2D eigenvalue weighted by Gasteiger charge is 2.19. The summed E-state index contributed by atoms with van der Waals surface area (Å²) in [5.41, 5.74) is 2.11. The van der Waals surface area contributed by atoms with Crippen LogP contribution in [0.2, 0.25) is 0 Å². The van der Waals surface area contributed by atoms with E-state index >= 15 is 0 Å². The second kappa shape index (κ2) is 11.8. The number of carbonyl (C=O) groups is 1. The molecule has 3 rings (SSSR count). The maximum absolute atomic E-state index is 12.5. The summed E-state index contributed by atoms with van der Waals surface area (Å²) < 4.78 is 6.84. The fourth-order valence-electron chi connectivity index (χ4n) is 2.97. The summed E-state index contributed by atoms with van der Waals surface area (Å²) in [6.45, 7) is 9.01. The molecule has 1 amide bonds. The summed E-state index contributed by atoms with van der Waals surface area (Å²) in [6, 6.07) is 8.13. The molecule has 0 atom stereocenters. The summed E-state index contributed by atoms with van der Waals surface area (Å²) >= 11 is 3.06. The van der Waals surface area contributed by atoms with E-state index < -0.39 is 0 Å². The molecule has 3 aromatic rings. The molecule has 33 heavy (non-hydrogen) atoms. The lowest BCUT2D eigenvalue weighted by Gasteiger charge is -2.12. The van der Waals surface area contributed by atoms with Gasteiger partial charge >= 0.3 is 0 Å². The molecule has 178 valence electrons. The first kappa shape index (κ1) is 25.4. The number of oxazole rings is 1. The SMILES string of the molecule is CN(C)CCNCc1cccc(CC(=O)Nc2ncc(SCc3ncc(C(C)(C)C)o3)s2)c1. The number of likely N-dealkylation sites (N-methyl/N-ethyl adjacent to an activating group) is 1. The zero-order valence-electron chi connectivity index (χ0n) is 20.0. The van der Waals surface area contributed by atoms with Gasteiger partial charge in [-0.25, -0.2) is 9.97 Å². The second-order valence-corrected chi connectivity index (χ2v) is 11.5. The smallest absolute Gasteiger partial charge is 0.230 e. The zero-order valence-corrected chi connectivity index (χ0v) is 21.6.